The van der Waals surface area contributed by atoms with Gasteiger partial charge in [-0.1, -0.05) is 25.7 Å². The summed E-state index contributed by atoms with van der Waals surface area (Å²) >= 11 is 0. The van der Waals surface area contributed by atoms with Crippen molar-refractivity contribution in [1.29, 1.82) is 0 Å². The van der Waals surface area contributed by atoms with Crippen LogP contribution in [0.4, 0.5) is 0 Å². The molecule has 3 unspecified atom stereocenters. The van der Waals surface area contributed by atoms with Gasteiger partial charge in [0.25, 0.3) is 0 Å². The Morgan fingerprint density at radius 3 is 2.65 bits per heavy atom. The van der Waals surface area contributed by atoms with E-state index in [-0.39, 0.29) is 6.04 Å². The van der Waals surface area contributed by atoms with Gasteiger partial charge in [-0.25, -0.2) is 0 Å². The van der Waals surface area contributed by atoms with E-state index in [4.69, 9.17) is 4.84 Å². The Morgan fingerprint density at radius 1 is 1.10 bits per heavy atom. The average molecular weight is 283 g/mol. The van der Waals surface area contributed by atoms with E-state index in [9.17, 15) is 9.90 Å². The molecule has 2 saturated carbocycles. The number of nitrogens with one attached hydrogen (secondary N) is 1. The largest absolute Gasteiger partial charge is 0.388 e. The first kappa shape index (κ1) is 15.9. The molecule has 2 aliphatic rings. The second kappa shape index (κ2) is 7.53. The van der Waals surface area contributed by atoms with Crippen molar-refractivity contribution >= 4 is 5.78 Å². The first-order chi connectivity index (χ1) is 9.66. The van der Waals surface area contributed by atoms with Crippen LogP contribution in [0.3, 0.4) is 0 Å². The monoisotopic (exact) mass is 283 g/mol. The van der Waals surface area contributed by atoms with Crippen LogP contribution in [0.15, 0.2) is 0 Å². The van der Waals surface area contributed by atoms with Gasteiger partial charge in [0, 0.05) is 12.8 Å². The molecule has 2 rings (SSSR count). The lowest BCUT2D eigenvalue weighted by molar-refractivity contribution is -0.122. The molecule has 0 amide bonds. The van der Waals surface area contributed by atoms with Crippen molar-refractivity contribution in [2.24, 2.45) is 5.92 Å². The third kappa shape index (κ3) is 3.80. The number of aliphatic hydroxyl groups is 1. The highest BCUT2D eigenvalue weighted by atomic mass is 16.6. The van der Waals surface area contributed by atoms with Crippen molar-refractivity contribution < 1.29 is 14.7 Å². The van der Waals surface area contributed by atoms with E-state index in [0.29, 0.717) is 31.0 Å². The Hall–Kier alpha value is -0.450. The molecule has 0 bridgehead atoms. The van der Waals surface area contributed by atoms with E-state index in [1.807, 2.05) is 0 Å². The van der Waals surface area contributed by atoms with E-state index in [0.717, 1.165) is 25.7 Å². The molecule has 2 N–H and O–H groups in total. The topological polar surface area (TPSA) is 58.6 Å². The molecule has 116 valence electrons. The molecular weight excluding hydrogens is 254 g/mol. The van der Waals surface area contributed by atoms with Crippen molar-refractivity contribution in [1.82, 2.24) is 5.48 Å². The van der Waals surface area contributed by atoms with Crippen LogP contribution in [0.25, 0.3) is 0 Å². The molecule has 0 aromatic carbocycles. The number of carbonyl (C=O) groups is 1. The third-order valence-electron chi connectivity index (χ3n) is 5.19. The Kier molecular flexibility index (Phi) is 6.00. The number of hydrogen-bond donors (Lipinski definition) is 2. The fourth-order valence-corrected chi connectivity index (χ4v) is 3.94. The van der Waals surface area contributed by atoms with Gasteiger partial charge in [-0.3, -0.25) is 4.79 Å². The minimum absolute atomic E-state index is 0.0340. The first-order valence-corrected chi connectivity index (χ1v) is 8.19. The summed E-state index contributed by atoms with van der Waals surface area (Å²) in [4.78, 5) is 17.0. The molecule has 0 heterocycles. The smallest absolute Gasteiger partial charge is 0.133 e. The maximum absolute atomic E-state index is 11.9. The zero-order chi connectivity index (χ0) is 14.4. The van der Waals surface area contributed by atoms with Crippen LogP contribution >= 0.6 is 0 Å². The summed E-state index contributed by atoms with van der Waals surface area (Å²) in [5.41, 5.74) is 2.18. The first-order valence-electron chi connectivity index (χ1n) is 8.19. The van der Waals surface area contributed by atoms with E-state index in [1.165, 1.54) is 25.7 Å². The molecule has 20 heavy (non-hydrogen) atoms. The summed E-state index contributed by atoms with van der Waals surface area (Å²) < 4.78 is 0. The number of rotatable bonds is 2. The fourth-order valence-electron chi connectivity index (χ4n) is 3.94. The lowest BCUT2D eigenvalue weighted by atomic mass is 9.80. The SMILES string of the molecule is CONC1CCC2CCCCCCCC(=O)CCC21O. The molecule has 4 nitrogen and oxygen atoms in total. The fraction of sp³-hybridized carbons (Fsp3) is 0.938. The maximum atomic E-state index is 11.9. The van der Waals surface area contributed by atoms with Crippen LogP contribution < -0.4 is 5.48 Å². The van der Waals surface area contributed by atoms with Gasteiger partial charge in [-0.2, -0.15) is 5.48 Å². The average Bonchev–Trinajstić information content (AvgIpc) is 2.73. The minimum Gasteiger partial charge on any atom is -0.388 e. The van der Waals surface area contributed by atoms with Gasteiger partial charge in [-0.05, 0) is 38.0 Å². The molecule has 0 saturated heterocycles. The van der Waals surface area contributed by atoms with E-state index < -0.39 is 5.60 Å². The molecule has 0 radical (unpaired) electrons. The second-order valence-electron chi connectivity index (χ2n) is 6.49. The van der Waals surface area contributed by atoms with E-state index >= 15 is 0 Å². The standard InChI is InChI=1S/C16H29NO3/c1-20-17-15-10-9-13-7-5-3-2-4-6-8-14(18)11-12-16(13,15)19/h13,15,17,19H,2-12H2,1H3. The number of ketones is 1. The van der Waals surface area contributed by atoms with E-state index in [1.54, 1.807) is 7.11 Å². The Morgan fingerprint density at radius 2 is 1.85 bits per heavy atom. The lowest BCUT2D eigenvalue weighted by Crippen LogP contribution is -2.50. The van der Waals surface area contributed by atoms with Gasteiger partial charge < -0.3 is 9.94 Å². The van der Waals surface area contributed by atoms with Gasteiger partial charge >= 0.3 is 0 Å². The normalized spacial score (nSPS) is 37.0. The molecule has 3 atom stereocenters. The molecule has 2 aliphatic carbocycles. The lowest BCUT2D eigenvalue weighted by Gasteiger charge is -2.35. The Balaban J connectivity index is 2.04. The number of hydrogen-bond acceptors (Lipinski definition) is 4. The maximum Gasteiger partial charge on any atom is 0.133 e. The molecule has 0 aliphatic heterocycles. The summed E-state index contributed by atoms with van der Waals surface area (Å²) in [6.45, 7) is 0. The molecule has 2 fully saturated rings. The molecular formula is C16H29NO3. The van der Waals surface area contributed by atoms with Gasteiger partial charge in [0.1, 0.15) is 5.78 Å². The van der Waals surface area contributed by atoms with Crippen molar-refractivity contribution in [3.05, 3.63) is 0 Å². The molecule has 0 aromatic rings. The van der Waals surface area contributed by atoms with Crippen molar-refractivity contribution in [2.75, 3.05) is 7.11 Å². The van der Waals surface area contributed by atoms with Crippen LogP contribution in [0.5, 0.6) is 0 Å². The van der Waals surface area contributed by atoms with Crippen molar-refractivity contribution in [2.45, 2.75) is 82.3 Å². The molecule has 0 spiro atoms. The summed E-state index contributed by atoms with van der Waals surface area (Å²) in [5.74, 6) is 0.614. The predicted octanol–water partition coefficient (Wildman–Crippen LogP) is 2.74. The molecule has 4 heteroatoms. The van der Waals surface area contributed by atoms with Crippen LogP contribution in [-0.2, 0) is 9.63 Å². The van der Waals surface area contributed by atoms with Gasteiger partial charge in [0.05, 0.1) is 18.8 Å². The quantitative estimate of drug-likeness (QED) is 0.765. The molecule has 0 aromatic heterocycles. The predicted molar refractivity (Wildman–Crippen MR) is 78.2 cm³/mol. The number of fused-ring (bicyclic) bond motifs is 1. The zero-order valence-corrected chi connectivity index (χ0v) is 12.7. The highest BCUT2D eigenvalue weighted by Crippen LogP contribution is 2.42. The van der Waals surface area contributed by atoms with Gasteiger partial charge in [-0.15, -0.1) is 0 Å². The number of carbonyl (C=O) groups excluding carboxylic acids is 1. The highest BCUT2D eigenvalue weighted by Gasteiger charge is 2.48. The van der Waals surface area contributed by atoms with Crippen molar-refractivity contribution in [3.63, 3.8) is 0 Å². The summed E-state index contributed by atoms with van der Waals surface area (Å²) in [7, 11) is 1.59. The highest BCUT2D eigenvalue weighted by molar-refractivity contribution is 5.78. The van der Waals surface area contributed by atoms with Crippen LogP contribution in [-0.4, -0.2) is 29.6 Å². The van der Waals surface area contributed by atoms with Crippen molar-refractivity contribution in [3.8, 4) is 0 Å². The van der Waals surface area contributed by atoms with Gasteiger partial charge in [0.2, 0.25) is 0 Å². The van der Waals surface area contributed by atoms with Crippen LogP contribution in [0.1, 0.15) is 70.6 Å². The van der Waals surface area contributed by atoms with Crippen LogP contribution in [0, 0.1) is 5.92 Å². The van der Waals surface area contributed by atoms with Crippen LogP contribution in [0.2, 0.25) is 0 Å². The number of hydroxylamine groups is 1. The second-order valence-corrected chi connectivity index (χ2v) is 6.49. The minimum atomic E-state index is -0.773. The number of Topliss-reactive ketones (excluding diaryl/α,β-unsaturated/α-hetero) is 1. The summed E-state index contributed by atoms with van der Waals surface area (Å²) in [5, 5.41) is 11.1. The van der Waals surface area contributed by atoms with E-state index in [2.05, 4.69) is 5.48 Å². The Bertz CT molecular complexity index is 321. The Labute approximate surface area is 122 Å². The zero-order valence-electron chi connectivity index (χ0n) is 12.7. The summed E-state index contributed by atoms with van der Waals surface area (Å²) in [6.07, 6.45) is 10.6. The summed E-state index contributed by atoms with van der Waals surface area (Å²) in [6, 6.07) is -0.0340. The third-order valence-corrected chi connectivity index (χ3v) is 5.19. The van der Waals surface area contributed by atoms with Gasteiger partial charge in [0.15, 0.2) is 0 Å².